The van der Waals surface area contributed by atoms with Crippen LogP contribution in [0.25, 0.3) is 10.9 Å². The largest absolute Gasteiger partial charge is 0.395 e. The lowest BCUT2D eigenvalue weighted by atomic mass is 10.0. The second-order valence-electron chi connectivity index (χ2n) is 6.97. The van der Waals surface area contributed by atoms with E-state index in [1.54, 1.807) is 11.3 Å². The van der Waals surface area contributed by atoms with Crippen molar-refractivity contribution in [1.29, 1.82) is 0 Å². The molecule has 0 fully saturated rings. The summed E-state index contributed by atoms with van der Waals surface area (Å²) in [6.07, 6.45) is 7.08. The molecule has 0 radical (unpaired) electrons. The van der Waals surface area contributed by atoms with E-state index < -0.39 is 0 Å². The Morgan fingerprint density at radius 2 is 2.15 bits per heavy atom. The molecule has 4 N–H and O–H groups in total. The van der Waals surface area contributed by atoms with Gasteiger partial charge in [-0.25, -0.2) is 4.98 Å². The van der Waals surface area contributed by atoms with Gasteiger partial charge in [0.25, 0.3) is 0 Å². The van der Waals surface area contributed by atoms with Crippen molar-refractivity contribution in [3.8, 4) is 0 Å². The summed E-state index contributed by atoms with van der Waals surface area (Å²) in [5.74, 6) is -0.126. The van der Waals surface area contributed by atoms with Gasteiger partial charge in [-0.05, 0) is 43.7 Å². The lowest BCUT2D eigenvalue weighted by Gasteiger charge is -2.15. The molecule has 1 amide bonds. The maximum absolute atomic E-state index is 12.3. The van der Waals surface area contributed by atoms with E-state index in [0.29, 0.717) is 11.6 Å². The number of thiazole rings is 1. The first kappa shape index (κ1) is 18.2. The minimum absolute atomic E-state index is 0.0294. The SMILES string of the molecule is O=C(CN[C@H](CO)Cc1c[nH]c2ccccc12)Nc1nc2c(s1)CCCC2. The Hall–Kier alpha value is -2.22. The lowest BCUT2D eigenvalue weighted by Crippen LogP contribution is -2.39. The fourth-order valence-electron chi connectivity index (χ4n) is 3.57. The molecule has 0 unspecified atom stereocenters. The summed E-state index contributed by atoms with van der Waals surface area (Å²) in [4.78, 5) is 21.4. The summed E-state index contributed by atoms with van der Waals surface area (Å²) in [5, 5.41) is 17.6. The van der Waals surface area contributed by atoms with Gasteiger partial charge in [-0.1, -0.05) is 18.2 Å². The number of aliphatic hydroxyl groups excluding tert-OH is 1. The van der Waals surface area contributed by atoms with E-state index in [9.17, 15) is 9.90 Å². The topological polar surface area (TPSA) is 90.0 Å². The number of H-pyrrole nitrogens is 1. The number of rotatable bonds is 7. The number of para-hydroxylation sites is 1. The van der Waals surface area contributed by atoms with Crippen molar-refractivity contribution < 1.29 is 9.90 Å². The van der Waals surface area contributed by atoms with Gasteiger partial charge in [0.15, 0.2) is 5.13 Å². The minimum atomic E-state index is -0.181. The predicted molar refractivity (Wildman–Crippen MR) is 108 cm³/mol. The highest BCUT2D eigenvalue weighted by Gasteiger charge is 2.17. The zero-order valence-electron chi connectivity index (χ0n) is 15.1. The van der Waals surface area contributed by atoms with Gasteiger partial charge in [0.2, 0.25) is 5.91 Å². The first-order chi connectivity index (χ1) is 13.2. The molecule has 1 aliphatic rings. The summed E-state index contributed by atoms with van der Waals surface area (Å²) < 4.78 is 0. The number of aliphatic hydroxyl groups is 1. The second kappa shape index (κ2) is 8.21. The van der Waals surface area contributed by atoms with Gasteiger partial charge in [0, 0.05) is 28.0 Å². The average Bonchev–Trinajstić information content (AvgIpc) is 3.28. The van der Waals surface area contributed by atoms with Crippen LogP contribution in [0.5, 0.6) is 0 Å². The molecule has 142 valence electrons. The van der Waals surface area contributed by atoms with E-state index in [2.05, 4.69) is 26.7 Å². The van der Waals surface area contributed by atoms with Crippen molar-refractivity contribution in [2.75, 3.05) is 18.5 Å². The summed E-state index contributed by atoms with van der Waals surface area (Å²) in [6, 6.07) is 7.90. The molecule has 0 aliphatic heterocycles. The number of hydrogen-bond donors (Lipinski definition) is 4. The minimum Gasteiger partial charge on any atom is -0.395 e. The van der Waals surface area contributed by atoms with Crippen LogP contribution in [0.2, 0.25) is 0 Å². The van der Waals surface area contributed by atoms with Crippen molar-refractivity contribution in [2.45, 2.75) is 38.1 Å². The van der Waals surface area contributed by atoms with Crippen molar-refractivity contribution >= 4 is 33.3 Å². The summed E-state index contributed by atoms with van der Waals surface area (Å²) >= 11 is 1.58. The number of carbonyl (C=O) groups is 1. The van der Waals surface area contributed by atoms with Gasteiger partial charge in [0.05, 0.1) is 18.8 Å². The van der Waals surface area contributed by atoms with Crippen LogP contribution in [0.3, 0.4) is 0 Å². The van der Waals surface area contributed by atoms with Crippen molar-refractivity contribution in [1.82, 2.24) is 15.3 Å². The second-order valence-corrected chi connectivity index (χ2v) is 8.05. The number of aryl methyl sites for hydroxylation is 2. The predicted octanol–water partition coefficient (Wildman–Crippen LogP) is 2.63. The zero-order chi connectivity index (χ0) is 18.6. The summed E-state index contributed by atoms with van der Waals surface area (Å²) in [7, 11) is 0. The smallest absolute Gasteiger partial charge is 0.240 e. The van der Waals surface area contributed by atoms with Gasteiger partial charge in [-0.3, -0.25) is 4.79 Å². The summed E-state index contributed by atoms with van der Waals surface area (Å²) in [5.41, 5.74) is 3.35. The van der Waals surface area contributed by atoms with Gasteiger partial charge in [-0.15, -0.1) is 11.3 Å². The maximum Gasteiger partial charge on any atom is 0.240 e. The lowest BCUT2D eigenvalue weighted by molar-refractivity contribution is -0.115. The van der Waals surface area contributed by atoms with Crippen LogP contribution in [-0.4, -0.2) is 40.2 Å². The van der Waals surface area contributed by atoms with Crippen LogP contribution >= 0.6 is 11.3 Å². The van der Waals surface area contributed by atoms with Gasteiger partial charge < -0.3 is 20.7 Å². The highest BCUT2D eigenvalue weighted by Crippen LogP contribution is 2.29. The Morgan fingerprint density at radius 1 is 1.30 bits per heavy atom. The quantitative estimate of drug-likeness (QED) is 0.504. The normalized spacial score (nSPS) is 14.9. The number of nitrogens with one attached hydrogen (secondary N) is 3. The number of aromatic nitrogens is 2. The number of amides is 1. The molecule has 0 spiro atoms. The molecule has 2 aromatic heterocycles. The van der Waals surface area contributed by atoms with Gasteiger partial charge in [-0.2, -0.15) is 0 Å². The molecule has 1 atom stereocenters. The van der Waals surface area contributed by atoms with Crippen LogP contribution in [0.15, 0.2) is 30.5 Å². The number of fused-ring (bicyclic) bond motifs is 2. The molecule has 7 heteroatoms. The number of benzene rings is 1. The molecular formula is C20H24N4O2S. The average molecular weight is 385 g/mol. The molecule has 1 aliphatic carbocycles. The molecule has 0 bridgehead atoms. The highest BCUT2D eigenvalue weighted by atomic mass is 32.1. The number of hydrogen-bond acceptors (Lipinski definition) is 5. The highest BCUT2D eigenvalue weighted by molar-refractivity contribution is 7.15. The molecule has 27 heavy (non-hydrogen) atoms. The van der Waals surface area contributed by atoms with Crippen molar-refractivity contribution in [2.24, 2.45) is 0 Å². The Balaban J connectivity index is 1.32. The maximum atomic E-state index is 12.3. The first-order valence-electron chi connectivity index (χ1n) is 9.40. The van der Waals surface area contributed by atoms with E-state index in [1.165, 1.54) is 17.7 Å². The summed E-state index contributed by atoms with van der Waals surface area (Å²) in [6.45, 7) is 0.121. The zero-order valence-corrected chi connectivity index (χ0v) is 15.9. The fraction of sp³-hybridized carbons (Fsp3) is 0.400. The molecule has 0 saturated heterocycles. The number of aromatic amines is 1. The molecule has 4 rings (SSSR count). The van der Waals surface area contributed by atoms with Crippen LogP contribution in [-0.2, 0) is 24.1 Å². The number of carbonyl (C=O) groups excluding carboxylic acids is 1. The van der Waals surface area contributed by atoms with Crippen LogP contribution in [0.1, 0.15) is 29.0 Å². The Morgan fingerprint density at radius 3 is 3.00 bits per heavy atom. The van der Waals surface area contributed by atoms with Crippen molar-refractivity contribution in [3.05, 3.63) is 46.6 Å². The van der Waals surface area contributed by atoms with E-state index in [1.807, 2.05) is 24.4 Å². The van der Waals surface area contributed by atoms with Crippen LogP contribution in [0.4, 0.5) is 5.13 Å². The molecule has 3 aromatic rings. The van der Waals surface area contributed by atoms with E-state index in [-0.39, 0.29) is 25.1 Å². The third kappa shape index (κ3) is 4.21. The van der Waals surface area contributed by atoms with Crippen LogP contribution < -0.4 is 10.6 Å². The third-order valence-corrected chi connectivity index (χ3v) is 6.08. The van der Waals surface area contributed by atoms with E-state index in [4.69, 9.17) is 0 Å². The molecular weight excluding hydrogens is 360 g/mol. The Labute approximate surface area is 162 Å². The standard InChI is InChI=1S/C20H24N4O2S/c25-12-14(9-13-10-22-16-6-2-1-5-15(13)16)21-11-19(26)24-20-23-17-7-3-4-8-18(17)27-20/h1-2,5-6,10,14,21-22,25H,3-4,7-9,11-12H2,(H,23,24,26)/t14-/m0/s1. The van der Waals surface area contributed by atoms with E-state index >= 15 is 0 Å². The number of anilines is 1. The monoisotopic (exact) mass is 384 g/mol. The first-order valence-corrected chi connectivity index (χ1v) is 10.2. The fourth-order valence-corrected chi connectivity index (χ4v) is 4.64. The van der Waals surface area contributed by atoms with Crippen molar-refractivity contribution in [3.63, 3.8) is 0 Å². The Bertz CT molecular complexity index is 910. The molecule has 2 heterocycles. The molecule has 1 aromatic carbocycles. The Kier molecular flexibility index (Phi) is 5.52. The van der Waals surface area contributed by atoms with Gasteiger partial charge >= 0.3 is 0 Å². The van der Waals surface area contributed by atoms with E-state index in [0.717, 1.165) is 35.0 Å². The van der Waals surface area contributed by atoms with Gasteiger partial charge in [0.1, 0.15) is 0 Å². The number of nitrogens with zero attached hydrogens (tertiary/aromatic N) is 1. The third-order valence-electron chi connectivity index (χ3n) is 5.00. The molecule has 0 saturated carbocycles. The molecule has 6 nitrogen and oxygen atoms in total. The van der Waals surface area contributed by atoms with Crippen LogP contribution in [0, 0.1) is 0 Å².